The molecule has 10 nitrogen and oxygen atoms in total. The van der Waals surface area contributed by atoms with Gasteiger partial charge in [0.15, 0.2) is 11.3 Å². The maximum atomic E-state index is 14.4. The highest BCUT2D eigenvalue weighted by Crippen LogP contribution is 2.48. The highest BCUT2D eigenvalue weighted by atomic mass is 16.5. The summed E-state index contributed by atoms with van der Waals surface area (Å²) in [5.41, 5.74) is 2.93. The van der Waals surface area contributed by atoms with Crippen LogP contribution in [-0.4, -0.2) is 55.0 Å². The molecule has 0 radical (unpaired) electrons. The minimum atomic E-state index is -1.42. The van der Waals surface area contributed by atoms with E-state index in [1.807, 2.05) is 0 Å². The fourth-order valence-corrected chi connectivity index (χ4v) is 5.44. The second-order valence-corrected chi connectivity index (χ2v) is 9.36. The summed E-state index contributed by atoms with van der Waals surface area (Å²) in [6.07, 6.45) is 3.46. The Labute approximate surface area is 227 Å². The summed E-state index contributed by atoms with van der Waals surface area (Å²) in [5.74, 6) is -1.73. The molecule has 0 atom stereocenters. The standard InChI is InChI=1S/C30H23N3O7/c1-38-27(35)15-4-7-18-21(13-31-23(18)10-15)30(22-14-32-24-11-16(28(36)39-2)5-8-19(22)24)26(34)20-9-6-17(29(37)40-3)12-25(20)33-30/h4-14,31-33H,1-3H3. The van der Waals surface area contributed by atoms with Gasteiger partial charge in [0.1, 0.15) is 0 Å². The molecular formula is C30H23N3O7. The lowest BCUT2D eigenvalue weighted by atomic mass is 9.79. The van der Waals surface area contributed by atoms with Crippen LogP contribution in [0.2, 0.25) is 0 Å². The molecule has 200 valence electrons. The smallest absolute Gasteiger partial charge is 0.337 e. The van der Waals surface area contributed by atoms with E-state index in [1.165, 1.54) is 21.3 Å². The van der Waals surface area contributed by atoms with Crippen LogP contribution in [0, 0.1) is 0 Å². The molecule has 0 amide bonds. The molecule has 0 saturated heterocycles. The number of anilines is 1. The number of hydrogen-bond donors (Lipinski definition) is 3. The Bertz CT molecular complexity index is 1790. The van der Waals surface area contributed by atoms with Gasteiger partial charge in [0, 0.05) is 56.6 Å². The quantitative estimate of drug-likeness (QED) is 0.219. The number of ketones is 1. The van der Waals surface area contributed by atoms with E-state index in [1.54, 1.807) is 67.0 Å². The van der Waals surface area contributed by atoms with Gasteiger partial charge >= 0.3 is 17.9 Å². The predicted octanol–water partition coefficient (Wildman–Crippen LogP) is 4.56. The highest BCUT2D eigenvalue weighted by Gasteiger charge is 2.51. The molecule has 6 rings (SSSR count). The van der Waals surface area contributed by atoms with Crippen LogP contribution in [0.15, 0.2) is 67.0 Å². The summed E-state index contributed by atoms with van der Waals surface area (Å²) < 4.78 is 14.6. The van der Waals surface area contributed by atoms with Crippen molar-refractivity contribution < 1.29 is 33.4 Å². The van der Waals surface area contributed by atoms with Crippen LogP contribution in [0.4, 0.5) is 5.69 Å². The van der Waals surface area contributed by atoms with Gasteiger partial charge in [0.2, 0.25) is 0 Å². The van der Waals surface area contributed by atoms with Crippen molar-refractivity contribution in [1.29, 1.82) is 0 Å². The van der Waals surface area contributed by atoms with Crippen molar-refractivity contribution in [3.05, 3.63) is 100 Å². The number of esters is 3. The van der Waals surface area contributed by atoms with Crippen molar-refractivity contribution in [2.24, 2.45) is 0 Å². The number of aromatic nitrogens is 2. The molecule has 3 N–H and O–H groups in total. The molecule has 0 spiro atoms. The van der Waals surface area contributed by atoms with E-state index in [0.29, 0.717) is 60.9 Å². The lowest BCUT2D eigenvalue weighted by Crippen LogP contribution is -2.39. The molecule has 0 aliphatic carbocycles. The van der Waals surface area contributed by atoms with Gasteiger partial charge in [-0.05, 0) is 42.5 Å². The number of carbonyl (C=O) groups excluding carboxylic acids is 4. The van der Waals surface area contributed by atoms with Gasteiger partial charge in [-0.25, -0.2) is 14.4 Å². The van der Waals surface area contributed by atoms with Crippen molar-refractivity contribution in [3.63, 3.8) is 0 Å². The molecule has 1 aliphatic heterocycles. The Morgan fingerprint density at radius 3 is 1.57 bits per heavy atom. The van der Waals surface area contributed by atoms with E-state index in [9.17, 15) is 19.2 Å². The predicted molar refractivity (Wildman–Crippen MR) is 146 cm³/mol. The van der Waals surface area contributed by atoms with Crippen LogP contribution < -0.4 is 5.32 Å². The molecule has 0 bridgehead atoms. The van der Waals surface area contributed by atoms with Gasteiger partial charge < -0.3 is 29.5 Å². The normalized spacial score (nSPS) is 13.6. The SMILES string of the molecule is COC(=O)c1ccc2c(c1)NC(c1c[nH]c3cc(C(=O)OC)ccc13)(c1c[nH]c3cc(C(=O)OC)ccc13)C2=O. The van der Waals surface area contributed by atoms with E-state index in [2.05, 4.69) is 15.3 Å². The molecule has 40 heavy (non-hydrogen) atoms. The minimum Gasteiger partial charge on any atom is -0.465 e. The third kappa shape index (κ3) is 3.49. The Kier molecular flexibility index (Phi) is 5.69. The van der Waals surface area contributed by atoms with E-state index in [4.69, 9.17) is 14.2 Å². The summed E-state index contributed by atoms with van der Waals surface area (Å²) in [5, 5.41) is 4.83. The lowest BCUT2D eigenvalue weighted by Gasteiger charge is -2.29. The van der Waals surface area contributed by atoms with Crippen molar-refractivity contribution in [2.75, 3.05) is 26.6 Å². The second-order valence-electron chi connectivity index (χ2n) is 9.36. The Hall–Kier alpha value is -5.38. The number of rotatable bonds is 5. The maximum Gasteiger partial charge on any atom is 0.337 e. The maximum absolute atomic E-state index is 14.4. The Balaban J connectivity index is 1.60. The number of ether oxygens (including phenoxy) is 3. The first-order valence-corrected chi connectivity index (χ1v) is 12.3. The number of H-pyrrole nitrogens is 2. The fourth-order valence-electron chi connectivity index (χ4n) is 5.44. The van der Waals surface area contributed by atoms with Crippen LogP contribution >= 0.6 is 0 Å². The van der Waals surface area contributed by atoms with E-state index in [0.717, 1.165) is 0 Å². The fraction of sp³-hybridized carbons (Fsp3) is 0.133. The van der Waals surface area contributed by atoms with Crippen molar-refractivity contribution in [2.45, 2.75) is 5.54 Å². The van der Waals surface area contributed by atoms with Crippen molar-refractivity contribution in [3.8, 4) is 0 Å². The van der Waals surface area contributed by atoms with Gasteiger partial charge in [0.05, 0.1) is 38.0 Å². The van der Waals surface area contributed by atoms with Crippen molar-refractivity contribution in [1.82, 2.24) is 9.97 Å². The van der Waals surface area contributed by atoms with Gasteiger partial charge in [-0.2, -0.15) is 0 Å². The molecule has 2 aromatic heterocycles. The Morgan fingerprint density at radius 1 is 0.650 bits per heavy atom. The van der Waals surface area contributed by atoms with Gasteiger partial charge in [-0.1, -0.05) is 12.1 Å². The Morgan fingerprint density at radius 2 is 1.10 bits per heavy atom. The van der Waals surface area contributed by atoms with Gasteiger partial charge in [-0.3, -0.25) is 4.79 Å². The number of Topliss-reactive ketones (excluding diaryl/α,β-unsaturated/α-hetero) is 1. The topological polar surface area (TPSA) is 140 Å². The van der Waals surface area contributed by atoms with Crippen LogP contribution in [-0.2, 0) is 19.7 Å². The minimum absolute atomic E-state index is 0.241. The van der Waals surface area contributed by atoms with Crippen LogP contribution in [0.5, 0.6) is 0 Å². The first-order valence-electron chi connectivity index (χ1n) is 12.3. The number of carbonyl (C=O) groups is 4. The highest BCUT2D eigenvalue weighted by molar-refractivity contribution is 6.19. The number of fused-ring (bicyclic) bond motifs is 3. The van der Waals surface area contributed by atoms with E-state index < -0.39 is 23.4 Å². The molecule has 10 heteroatoms. The number of methoxy groups -OCH3 is 3. The molecule has 3 heterocycles. The van der Waals surface area contributed by atoms with Crippen LogP contribution in [0.1, 0.15) is 52.6 Å². The first-order chi connectivity index (χ1) is 19.3. The third-order valence-electron chi connectivity index (χ3n) is 7.36. The average Bonchev–Trinajstić information content (AvgIpc) is 3.69. The number of aromatic amines is 2. The molecule has 0 unspecified atom stereocenters. The monoisotopic (exact) mass is 537 g/mol. The zero-order chi connectivity index (χ0) is 28.2. The molecule has 0 saturated carbocycles. The number of nitrogens with one attached hydrogen (secondary N) is 3. The number of hydrogen-bond acceptors (Lipinski definition) is 8. The molecule has 0 fully saturated rings. The zero-order valence-electron chi connectivity index (χ0n) is 21.7. The zero-order valence-corrected chi connectivity index (χ0v) is 21.7. The second kappa shape index (κ2) is 9.12. The van der Waals surface area contributed by atoms with Crippen LogP contribution in [0.3, 0.4) is 0 Å². The summed E-state index contributed by atoms with van der Waals surface area (Å²) in [6.45, 7) is 0. The number of benzene rings is 3. The average molecular weight is 538 g/mol. The molecular weight excluding hydrogens is 514 g/mol. The molecule has 5 aromatic rings. The van der Waals surface area contributed by atoms with Gasteiger partial charge in [-0.15, -0.1) is 0 Å². The third-order valence-corrected chi connectivity index (χ3v) is 7.36. The van der Waals surface area contributed by atoms with Crippen LogP contribution in [0.25, 0.3) is 21.8 Å². The van der Waals surface area contributed by atoms with E-state index in [-0.39, 0.29) is 5.78 Å². The summed E-state index contributed by atoms with van der Waals surface area (Å²) in [4.78, 5) is 57.4. The molecule has 3 aromatic carbocycles. The summed E-state index contributed by atoms with van der Waals surface area (Å²) in [6, 6.07) is 14.9. The largest absolute Gasteiger partial charge is 0.465 e. The lowest BCUT2D eigenvalue weighted by molar-refractivity contribution is 0.0592. The first kappa shape index (κ1) is 24.9. The van der Waals surface area contributed by atoms with E-state index >= 15 is 0 Å². The molecule has 1 aliphatic rings. The van der Waals surface area contributed by atoms with Gasteiger partial charge in [0.25, 0.3) is 0 Å². The van der Waals surface area contributed by atoms with Crippen molar-refractivity contribution >= 4 is 51.2 Å². The summed E-state index contributed by atoms with van der Waals surface area (Å²) >= 11 is 0. The summed E-state index contributed by atoms with van der Waals surface area (Å²) in [7, 11) is 3.91.